The summed E-state index contributed by atoms with van der Waals surface area (Å²) in [6.07, 6.45) is 7.75. The first-order valence-corrected chi connectivity index (χ1v) is 16.1. The first-order chi connectivity index (χ1) is 19.9. The smallest absolute Gasteiger partial charge is 0.303 e. The SMILES string of the molecule is C[C@H](CCC(=O)O)[C@H]1CC[C@H]2[C@@H]3CC[C@@H]4C[C@](O)(c5ccc(-c6c(F)cccc6F)cc5)CC[C@]4(C)[C@H]3C[C@H](O)[C@]12C. The van der Waals surface area contributed by atoms with Gasteiger partial charge in [-0.1, -0.05) is 51.1 Å². The summed E-state index contributed by atoms with van der Waals surface area (Å²) in [5.74, 6) is 0.440. The van der Waals surface area contributed by atoms with Gasteiger partial charge in [-0.25, -0.2) is 8.78 Å². The number of rotatable bonds is 6. The number of hydrogen-bond acceptors (Lipinski definition) is 3. The minimum Gasteiger partial charge on any atom is -0.481 e. The summed E-state index contributed by atoms with van der Waals surface area (Å²) in [5.41, 5.74) is 0.114. The molecular formula is C36H46F2O4. The molecule has 6 rings (SSSR count). The Hall–Kier alpha value is -2.31. The van der Waals surface area contributed by atoms with Crippen LogP contribution in [0.5, 0.6) is 0 Å². The fraction of sp³-hybridized carbons (Fsp3) is 0.639. The van der Waals surface area contributed by atoms with Crippen LogP contribution in [0.15, 0.2) is 42.5 Å². The van der Waals surface area contributed by atoms with Gasteiger partial charge in [0.1, 0.15) is 11.6 Å². The number of carbonyl (C=O) groups is 1. The maximum atomic E-state index is 14.4. The molecule has 3 N–H and O–H groups in total. The van der Waals surface area contributed by atoms with E-state index in [1.165, 1.54) is 18.2 Å². The summed E-state index contributed by atoms with van der Waals surface area (Å²) in [5, 5.41) is 33.0. The van der Waals surface area contributed by atoms with E-state index in [1.54, 1.807) is 12.1 Å². The van der Waals surface area contributed by atoms with Crippen LogP contribution in [0, 0.1) is 58.0 Å². The zero-order valence-corrected chi connectivity index (χ0v) is 25.2. The first kappa shape index (κ1) is 29.7. The van der Waals surface area contributed by atoms with Crippen molar-refractivity contribution in [2.75, 3.05) is 0 Å². The third kappa shape index (κ3) is 4.63. The summed E-state index contributed by atoms with van der Waals surface area (Å²) in [4.78, 5) is 11.2. The highest BCUT2D eigenvalue weighted by molar-refractivity contribution is 5.66. The number of fused-ring (bicyclic) bond motifs is 5. The zero-order valence-electron chi connectivity index (χ0n) is 25.2. The largest absolute Gasteiger partial charge is 0.481 e. The fourth-order valence-electron chi connectivity index (χ4n) is 10.7. The summed E-state index contributed by atoms with van der Waals surface area (Å²) in [7, 11) is 0. The van der Waals surface area contributed by atoms with E-state index in [2.05, 4.69) is 20.8 Å². The minimum atomic E-state index is -0.983. The van der Waals surface area contributed by atoms with Gasteiger partial charge in [-0.05, 0) is 127 Å². The number of hydrogen-bond donors (Lipinski definition) is 3. The van der Waals surface area contributed by atoms with E-state index in [4.69, 9.17) is 0 Å². The molecule has 4 fully saturated rings. The van der Waals surface area contributed by atoms with Crippen molar-refractivity contribution in [3.63, 3.8) is 0 Å². The van der Waals surface area contributed by atoms with Crippen LogP contribution in [0.4, 0.5) is 8.78 Å². The molecule has 0 radical (unpaired) electrons. The Bertz CT molecular complexity index is 1310. The number of aliphatic carboxylic acids is 1. The molecule has 228 valence electrons. The Morgan fingerprint density at radius 3 is 2.33 bits per heavy atom. The van der Waals surface area contributed by atoms with Gasteiger partial charge in [0.25, 0.3) is 0 Å². The predicted molar refractivity (Wildman–Crippen MR) is 158 cm³/mol. The number of aliphatic hydroxyl groups is 2. The van der Waals surface area contributed by atoms with Gasteiger partial charge in [0.2, 0.25) is 0 Å². The third-order valence-electron chi connectivity index (χ3n) is 13.1. The molecule has 0 bridgehead atoms. The summed E-state index contributed by atoms with van der Waals surface area (Å²) in [6.45, 7) is 6.87. The molecule has 10 atom stereocenters. The zero-order chi connectivity index (χ0) is 30.0. The van der Waals surface area contributed by atoms with Crippen LogP contribution in [0.2, 0.25) is 0 Å². The Balaban J connectivity index is 1.20. The Kier molecular flexibility index (Phi) is 7.57. The van der Waals surface area contributed by atoms with Gasteiger partial charge in [-0.15, -0.1) is 0 Å². The van der Waals surface area contributed by atoms with Crippen LogP contribution in [0.25, 0.3) is 11.1 Å². The van der Waals surface area contributed by atoms with E-state index in [9.17, 15) is 28.9 Å². The van der Waals surface area contributed by atoms with Gasteiger partial charge in [-0.3, -0.25) is 4.79 Å². The van der Waals surface area contributed by atoms with Gasteiger partial charge in [0, 0.05) is 6.42 Å². The van der Waals surface area contributed by atoms with Crippen LogP contribution in [-0.4, -0.2) is 27.4 Å². The number of carboxylic acids is 1. The highest BCUT2D eigenvalue weighted by Crippen LogP contribution is 2.69. The van der Waals surface area contributed by atoms with Crippen molar-refractivity contribution in [3.8, 4) is 11.1 Å². The quantitative estimate of drug-likeness (QED) is 0.324. The molecule has 2 aromatic rings. The molecule has 0 aromatic heterocycles. The normalized spacial score (nSPS) is 40.1. The van der Waals surface area contributed by atoms with Crippen molar-refractivity contribution in [2.45, 2.75) is 96.7 Å². The molecule has 0 heterocycles. The molecule has 4 saturated carbocycles. The Morgan fingerprint density at radius 2 is 1.67 bits per heavy atom. The summed E-state index contributed by atoms with van der Waals surface area (Å²) >= 11 is 0. The molecule has 0 spiro atoms. The molecule has 0 saturated heterocycles. The van der Waals surface area contributed by atoms with E-state index < -0.39 is 29.3 Å². The average Bonchev–Trinajstić information content (AvgIpc) is 3.32. The van der Waals surface area contributed by atoms with Crippen LogP contribution in [0.3, 0.4) is 0 Å². The standard InChI is InChI=1S/C36H46F2O4/c1-21(7-16-32(40)41)26-14-15-27-25-13-12-24-20-36(42,18-17-34(24,2)28(25)19-31(39)35(26,27)3)23-10-8-22(9-11-23)33-29(37)5-4-6-30(33)38/h4-6,8-11,21,24-28,31,39,42H,7,12-20H2,1-3H3,(H,40,41)/t21-,24-,25+,26-,27+,28+,31+,34+,35-,36+/m1/s1. The van der Waals surface area contributed by atoms with Crippen molar-refractivity contribution in [1.29, 1.82) is 0 Å². The molecule has 6 heteroatoms. The number of halogens is 2. The van der Waals surface area contributed by atoms with Gasteiger partial charge in [0.05, 0.1) is 17.3 Å². The van der Waals surface area contributed by atoms with Crippen LogP contribution in [-0.2, 0) is 10.4 Å². The average molecular weight is 581 g/mol. The first-order valence-electron chi connectivity index (χ1n) is 16.1. The Labute approximate surface area is 248 Å². The van der Waals surface area contributed by atoms with Crippen LogP contribution in [0.1, 0.15) is 90.5 Å². The number of aliphatic hydroxyl groups excluding tert-OH is 1. The van der Waals surface area contributed by atoms with Crippen molar-refractivity contribution in [3.05, 3.63) is 59.7 Å². The highest BCUT2D eigenvalue weighted by Gasteiger charge is 2.64. The second kappa shape index (κ2) is 10.7. The molecule has 0 unspecified atom stereocenters. The summed E-state index contributed by atoms with van der Waals surface area (Å²) < 4.78 is 28.7. The Morgan fingerprint density at radius 1 is 0.976 bits per heavy atom. The van der Waals surface area contributed by atoms with Gasteiger partial charge < -0.3 is 15.3 Å². The fourth-order valence-corrected chi connectivity index (χ4v) is 10.7. The van der Waals surface area contributed by atoms with E-state index in [0.29, 0.717) is 54.4 Å². The lowest BCUT2D eigenvalue weighted by atomic mass is 9.43. The topological polar surface area (TPSA) is 77.8 Å². The van der Waals surface area contributed by atoms with Crippen molar-refractivity contribution >= 4 is 5.97 Å². The van der Waals surface area contributed by atoms with Gasteiger partial charge in [-0.2, -0.15) is 0 Å². The van der Waals surface area contributed by atoms with Gasteiger partial charge >= 0.3 is 5.97 Å². The lowest BCUT2D eigenvalue weighted by Crippen LogP contribution is -2.59. The van der Waals surface area contributed by atoms with Crippen molar-refractivity contribution in [2.24, 2.45) is 46.3 Å². The van der Waals surface area contributed by atoms with E-state index in [1.807, 2.05) is 12.1 Å². The van der Waals surface area contributed by atoms with Crippen molar-refractivity contribution in [1.82, 2.24) is 0 Å². The molecular weight excluding hydrogens is 534 g/mol. The van der Waals surface area contributed by atoms with Crippen molar-refractivity contribution < 1.29 is 28.9 Å². The van der Waals surface area contributed by atoms with Crippen LogP contribution < -0.4 is 0 Å². The molecule has 4 nitrogen and oxygen atoms in total. The predicted octanol–water partition coefficient (Wildman–Crippen LogP) is 7.95. The lowest BCUT2D eigenvalue weighted by Gasteiger charge is -2.63. The molecule has 0 amide bonds. The number of benzene rings is 2. The van der Waals surface area contributed by atoms with E-state index >= 15 is 0 Å². The maximum absolute atomic E-state index is 14.4. The maximum Gasteiger partial charge on any atom is 0.303 e. The molecule has 42 heavy (non-hydrogen) atoms. The highest BCUT2D eigenvalue weighted by atomic mass is 19.1. The van der Waals surface area contributed by atoms with Gasteiger partial charge in [0.15, 0.2) is 0 Å². The lowest BCUT2D eigenvalue weighted by molar-refractivity contribution is -0.187. The van der Waals surface area contributed by atoms with Crippen LogP contribution >= 0.6 is 0 Å². The minimum absolute atomic E-state index is 0.0424. The van der Waals surface area contributed by atoms with E-state index in [0.717, 1.165) is 44.1 Å². The van der Waals surface area contributed by atoms with E-state index in [-0.39, 0.29) is 28.7 Å². The second-order valence-corrected chi connectivity index (χ2v) is 14.8. The monoisotopic (exact) mass is 580 g/mol. The second-order valence-electron chi connectivity index (χ2n) is 14.8. The molecule has 4 aliphatic carbocycles. The molecule has 4 aliphatic rings. The molecule has 0 aliphatic heterocycles. The third-order valence-corrected chi connectivity index (χ3v) is 13.1. The summed E-state index contributed by atoms with van der Waals surface area (Å²) in [6, 6.07) is 11.0. The molecule has 2 aromatic carbocycles. The number of carboxylic acid groups (broad SMARTS) is 1.